The third kappa shape index (κ3) is 3.55. The van der Waals surface area contributed by atoms with E-state index in [1.807, 2.05) is 43.3 Å². The Morgan fingerprint density at radius 1 is 1.11 bits per heavy atom. The molecule has 0 bridgehead atoms. The average molecular weight is 373 g/mol. The predicted molar refractivity (Wildman–Crippen MR) is 108 cm³/mol. The first-order valence-corrected chi connectivity index (χ1v) is 8.97. The van der Waals surface area contributed by atoms with Crippen molar-refractivity contribution < 1.29 is 4.79 Å². The fraction of sp³-hybridized carbons (Fsp3) is 0.143. The van der Waals surface area contributed by atoms with Crippen LogP contribution in [-0.4, -0.2) is 25.2 Å². The van der Waals surface area contributed by atoms with Crippen molar-refractivity contribution in [2.75, 3.05) is 5.32 Å². The summed E-state index contributed by atoms with van der Waals surface area (Å²) >= 11 is 0. The molecule has 2 heterocycles. The van der Waals surface area contributed by atoms with Crippen molar-refractivity contribution in [2.24, 2.45) is 0 Å². The fourth-order valence-corrected chi connectivity index (χ4v) is 3.07. The summed E-state index contributed by atoms with van der Waals surface area (Å²) in [5.74, 6) is -0.172. The van der Waals surface area contributed by atoms with Gasteiger partial charge in [-0.3, -0.25) is 14.2 Å². The van der Waals surface area contributed by atoms with Gasteiger partial charge in [0.15, 0.2) is 0 Å². The number of carbonyl (C=O) groups excluding carboxylic acids is 1. The lowest BCUT2D eigenvalue weighted by atomic mass is 10.2. The second-order valence-electron chi connectivity index (χ2n) is 6.49. The summed E-state index contributed by atoms with van der Waals surface area (Å²) in [6.45, 7) is 2.23. The van der Waals surface area contributed by atoms with E-state index in [1.165, 1.54) is 10.9 Å². The molecule has 7 nitrogen and oxygen atoms in total. The van der Waals surface area contributed by atoms with Gasteiger partial charge in [-0.1, -0.05) is 18.2 Å². The Bertz CT molecular complexity index is 1210. The fourth-order valence-electron chi connectivity index (χ4n) is 3.07. The van der Waals surface area contributed by atoms with Crippen molar-refractivity contribution >= 4 is 22.5 Å². The van der Waals surface area contributed by atoms with E-state index in [9.17, 15) is 9.59 Å². The summed E-state index contributed by atoms with van der Waals surface area (Å²) in [6, 6.07) is 16.6. The second kappa shape index (κ2) is 7.48. The van der Waals surface area contributed by atoms with Crippen LogP contribution in [-0.2, 0) is 11.3 Å². The number of benzene rings is 2. The number of amides is 1. The molecule has 4 aromatic rings. The van der Waals surface area contributed by atoms with Crippen LogP contribution in [0.3, 0.4) is 0 Å². The van der Waals surface area contributed by atoms with Crippen LogP contribution in [0.4, 0.5) is 5.69 Å². The van der Waals surface area contributed by atoms with E-state index >= 15 is 0 Å². The van der Waals surface area contributed by atoms with E-state index in [0.717, 1.165) is 11.4 Å². The van der Waals surface area contributed by atoms with Gasteiger partial charge < -0.3 is 5.32 Å². The van der Waals surface area contributed by atoms with Crippen LogP contribution >= 0.6 is 0 Å². The van der Waals surface area contributed by atoms with E-state index in [2.05, 4.69) is 15.4 Å². The minimum atomic E-state index is -0.172. The van der Waals surface area contributed by atoms with Crippen molar-refractivity contribution in [3.8, 4) is 5.69 Å². The molecule has 0 atom stereocenters. The molecule has 0 unspecified atom stereocenters. The molecule has 0 aliphatic rings. The highest BCUT2D eigenvalue weighted by Crippen LogP contribution is 2.16. The molecular weight excluding hydrogens is 354 g/mol. The number of fused-ring (bicyclic) bond motifs is 1. The Kier molecular flexibility index (Phi) is 4.72. The third-order valence-corrected chi connectivity index (χ3v) is 4.52. The summed E-state index contributed by atoms with van der Waals surface area (Å²) in [5, 5.41) is 7.70. The Morgan fingerprint density at radius 2 is 1.96 bits per heavy atom. The number of nitrogens with zero attached hydrogens (tertiary/aromatic N) is 4. The van der Waals surface area contributed by atoms with Gasteiger partial charge in [0.05, 0.1) is 22.9 Å². The van der Waals surface area contributed by atoms with Crippen molar-refractivity contribution in [1.29, 1.82) is 0 Å². The summed E-state index contributed by atoms with van der Waals surface area (Å²) in [7, 11) is 0. The molecule has 7 heteroatoms. The molecule has 0 aliphatic carbocycles. The molecule has 0 fully saturated rings. The number of nitrogens with one attached hydrogen (secondary N) is 1. The smallest absolute Gasteiger partial charge is 0.261 e. The summed E-state index contributed by atoms with van der Waals surface area (Å²) < 4.78 is 3.27. The van der Waals surface area contributed by atoms with Gasteiger partial charge in [-0.25, -0.2) is 9.67 Å². The maximum Gasteiger partial charge on any atom is 0.261 e. The lowest BCUT2D eigenvalue weighted by molar-refractivity contribution is -0.116. The number of hydrogen-bond acceptors (Lipinski definition) is 4. The quantitative estimate of drug-likeness (QED) is 0.583. The number of hydrogen-bond donors (Lipinski definition) is 1. The standard InChI is InChI=1S/C21H19N5O2/c1-15-9-11-23-26(15)17-6-4-5-16(13-17)24-20(27)10-12-25-14-22-19-8-3-2-7-18(19)21(25)28/h2-9,11,13-14H,10,12H2,1H3,(H,24,27). The van der Waals surface area contributed by atoms with Gasteiger partial charge in [-0.05, 0) is 43.3 Å². The number of para-hydroxylation sites is 1. The summed E-state index contributed by atoms with van der Waals surface area (Å²) in [4.78, 5) is 29.1. The average Bonchev–Trinajstić information content (AvgIpc) is 3.14. The van der Waals surface area contributed by atoms with E-state index < -0.39 is 0 Å². The van der Waals surface area contributed by atoms with E-state index in [-0.39, 0.29) is 24.4 Å². The molecule has 0 spiro atoms. The molecule has 28 heavy (non-hydrogen) atoms. The largest absolute Gasteiger partial charge is 0.326 e. The van der Waals surface area contributed by atoms with Gasteiger partial charge in [-0.2, -0.15) is 5.10 Å². The van der Waals surface area contributed by atoms with Crippen LogP contribution in [0.15, 0.2) is 71.9 Å². The molecule has 2 aromatic carbocycles. The molecule has 4 rings (SSSR count). The first-order valence-electron chi connectivity index (χ1n) is 8.97. The lowest BCUT2D eigenvalue weighted by Crippen LogP contribution is -2.23. The first kappa shape index (κ1) is 17.7. The molecular formula is C21H19N5O2. The Labute approximate surface area is 161 Å². The monoisotopic (exact) mass is 373 g/mol. The highest BCUT2D eigenvalue weighted by atomic mass is 16.2. The van der Waals surface area contributed by atoms with Crippen molar-refractivity contribution in [3.05, 3.63) is 83.2 Å². The zero-order chi connectivity index (χ0) is 19.5. The number of anilines is 1. The van der Waals surface area contributed by atoms with E-state index in [1.54, 1.807) is 29.1 Å². The van der Waals surface area contributed by atoms with Crippen LogP contribution in [0.1, 0.15) is 12.1 Å². The number of aromatic nitrogens is 4. The molecule has 0 saturated carbocycles. The summed E-state index contributed by atoms with van der Waals surface area (Å²) in [5.41, 5.74) is 3.07. The predicted octanol–water partition coefficient (Wildman–Crippen LogP) is 2.92. The Morgan fingerprint density at radius 3 is 2.79 bits per heavy atom. The number of rotatable bonds is 5. The molecule has 1 N–H and O–H groups in total. The zero-order valence-electron chi connectivity index (χ0n) is 15.4. The van der Waals surface area contributed by atoms with Gasteiger partial charge in [0.2, 0.25) is 5.91 Å². The summed E-state index contributed by atoms with van der Waals surface area (Å²) in [6.07, 6.45) is 3.39. The van der Waals surface area contributed by atoms with Crippen LogP contribution in [0, 0.1) is 6.92 Å². The Hall–Kier alpha value is -3.74. The van der Waals surface area contributed by atoms with Crippen LogP contribution in [0.25, 0.3) is 16.6 Å². The van der Waals surface area contributed by atoms with E-state index in [4.69, 9.17) is 0 Å². The third-order valence-electron chi connectivity index (χ3n) is 4.52. The van der Waals surface area contributed by atoms with Gasteiger partial charge in [0.25, 0.3) is 5.56 Å². The molecule has 2 aromatic heterocycles. The first-order chi connectivity index (χ1) is 13.6. The normalized spacial score (nSPS) is 10.9. The lowest BCUT2D eigenvalue weighted by Gasteiger charge is -2.10. The maximum atomic E-state index is 12.5. The van der Waals surface area contributed by atoms with Crippen LogP contribution < -0.4 is 10.9 Å². The number of carbonyl (C=O) groups is 1. The van der Waals surface area contributed by atoms with Crippen molar-refractivity contribution in [1.82, 2.24) is 19.3 Å². The molecule has 0 saturated heterocycles. The SMILES string of the molecule is Cc1ccnn1-c1cccc(NC(=O)CCn2cnc3ccccc3c2=O)c1. The van der Waals surface area contributed by atoms with Gasteiger partial charge in [0.1, 0.15) is 0 Å². The minimum Gasteiger partial charge on any atom is -0.326 e. The molecule has 0 radical (unpaired) electrons. The second-order valence-corrected chi connectivity index (χ2v) is 6.49. The highest BCUT2D eigenvalue weighted by molar-refractivity contribution is 5.91. The zero-order valence-corrected chi connectivity index (χ0v) is 15.4. The van der Waals surface area contributed by atoms with Gasteiger partial charge in [-0.15, -0.1) is 0 Å². The topological polar surface area (TPSA) is 81.8 Å². The molecule has 140 valence electrons. The molecule has 0 aliphatic heterocycles. The minimum absolute atomic E-state index is 0.144. The molecule has 1 amide bonds. The van der Waals surface area contributed by atoms with Gasteiger partial charge >= 0.3 is 0 Å². The van der Waals surface area contributed by atoms with Crippen LogP contribution in [0.5, 0.6) is 0 Å². The highest BCUT2D eigenvalue weighted by Gasteiger charge is 2.08. The maximum absolute atomic E-state index is 12.5. The Balaban J connectivity index is 1.45. The van der Waals surface area contributed by atoms with Gasteiger partial charge in [0, 0.05) is 30.5 Å². The van der Waals surface area contributed by atoms with E-state index in [0.29, 0.717) is 16.6 Å². The van der Waals surface area contributed by atoms with Crippen molar-refractivity contribution in [3.63, 3.8) is 0 Å². The van der Waals surface area contributed by atoms with Crippen LogP contribution in [0.2, 0.25) is 0 Å². The number of aryl methyl sites for hydroxylation is 2. The van der Waals surface area contributed by atoms with Crippen molar-refractivity contribution in [2.45, 2.75) is 19.9 Å².